The van der Waals surface area contributed by atoms with Crippen LogP contribution >= 0.6 is 11.6 Å². The molecule has 1 saturated heterocycles. The van der Waals surface area contributed by atoms with E-state index in [9.17, 15) is 4.79 Å². The van der Waals surface area contributed by atoms with Gasteiger partial charge in [0.25, 0.3) is 5.91 Å². The van der Waals surface area contributed by atoms with Crippen LogP contribution in [0.1, 0.15) is 22.5 Å². The van der Waals surface area contributed by atoms with Gasteiger partial charge in [-0.3, -0.25) is 4.79 Å². The Morgan fingerprint density at radius 3 is 2.96 bits per heavy atom. The minimum absolute atomic E-state index is 0.0655. The van der Waals surface area contributed by atoms with Gasteiger partial charge in [-0.1, -0.05) is 11.6 Å². The highest BCUT2D eigenvalue weighted by Gasteiger charge is 2.27. The summed E-state index contributed by atoms with van der Waals surface area (Å²) in [5.74, 6) is 0.990. The molecule has 0 saturated carbocycles. The number of nitrogens with one attached hydrogen (secondary N) is 1. The molecule has 5 nitrogen and oxygen atoms in total. The molecule has 1 aromatic carbocycles. The zero-order valence-corrected chi connectivity index (χ0v) is 13.9. The van der Waals surface area contributed by atoms with Gasteiger partial charge in [0.05, 0.1) is 19.1 Å². The van der Waals surface area contributed by atoms with E-state index < -0.39 is 0 Å². The van der Waals surface area contributed by atoms with Crippen molar-refractivity contribution in [1.82, 2.24) is 5.32 Å². The molecule has 0 bridgehead atoms. The third-order valence-electron chi connectivity index (χ3n) is 4.07. The maximum absolute atomic E-state index is 12.2. The van der Waals surface area contributed by atoms with Crippen molar-refractivity contribution >= 4 is 23.2 Å². The second-order valence-electron chi connectivity index (χ2n) is 5.65. The summed E-state index contributed by atoms with van der Waals surface area (Å²) in [7, 11) is 1.64. The summed E-state index contributed by atoms with van der Waals surface area (Å²) in [5, 5.41) is 3.69. The number of hydrogen-bond donors (Lipinski definition) is 1. The van der Waals surface area contributed by atoms with E-state index in [1.54, 1.807) is 19.2 Å². The Hall–Kier alpha value is -2.14. The van der Waals surface area contributed by atoms with Gasteiger partial charge in [0.1, 0.15) is 5.75 Å². The van der Waals surface area contributed by atoms with E-state index in [4.69, 9.17) is 20.8 Å². The quantitative estimate of drug-likeness (QED) is 0.932. The number of furan rings is 1. The predicted octanol–water partition coefficient (Wildman–Crippen LogP) is 3.26. The average molecular weight is 335 g/mol. The third-order valence-corrected chi connectivity index (χ3v) is 4.31. The normalized spacial score (nSPS) is 17.3. The van der Waals surface area contributed by atoms with Gasteiger partial charge >= 0.3 is 0 Å². The van der Waals surface area contributed by atoms with Crippen molar-refractivity contribution in [2.75, 3.05) is 25.1 Å². The van der Waals surface area contributed by atoms with Crippen molar-refractivity contribution in [3.63, 3.8) is 0 Å². The number of amides is 1. The maximum atomic E-state index is 12.2. The molecule has 0 radical (unpaired) electrons. The molecule has 1 aromatic heterocycles. The second kappa shape index (κ2) is 6.54. The molecule has 1 atom stereocenters. The first kappa shape index (κ1) is 15.7. The van der Waals surface area contributed by atoms with Crippen molar-refractivity contribution in [3.8, 4) is 5.75 Å². The van der Waals surface area contributed by atoms with E-state index >= 15 is 0 Å². The van der Waals surface area contributed by atoms with Gasteiger partial charge in [-0.25, -0.2) is 0 Å². The van der Waals surface area contributed by atoms with Crippen LogP contribution in [-0.4, -0.2) is 32.1 Å². The van der Waals surface area contributed by atoms with E-state index in [1.807, 2.05) is 19.1 Å². The predicted molar refractivity (Wildman–Crippen MR) is 89.5 cm³/mol. The summed E-state index contributed by atoms with van der Waals surface area (Å²) in [6.07, 6.45) is 2.39. The molecular weight excluding hydrogens is 316 g/mol. The molecule has 2 aromatic rings. The van der Waals surface area contributed by atoms with Gasteiger partial charge in [0.15, 0.2) is 5.76 Å². The van der Waals surface area contributed by atoms with E-state index in [-0.39, 0.29) is 11.9 Å². The van der Waals surface area contributed by atoms with E-state index in [0.29, 0.717) is 17.3 Å². The van der Waals surface area contributed by atoms with Crippen LogP contribution in [0.2, 0.25) is 5.02 Å². The molecule has 2 heterocycles. The molecule has 6 heteroatoms. The summed E-state index contributed by atoms with van der Waals surface area (Å²) in [4.78, 5) is 14.4. The van der Waals surface area contributed by atoms with Crippen molar-refractivity contribution in [1.29, 1.82) is 0 Å². The van der Waals surface area contributed by atoms with Crippen molar-refractivity contribution in [2.45, 2.75) is 19.4 Å². The van der Waals surface area contributed by atoms with Crippen LogP contribution in [-0.2, 0) is 0 Å². The molecule has 1 fully saturated rings. The van der Waals surface area contributed by atoms with Gasteiger partial charge in [0.2, 0.25) is 0 Å². The number of carbonyl (C=O) groups excluding carboxylic acids is 1. The van der Waals surface area contributed by atoms with Gasteiger partial charge in [0, 0.05) is 29.7 Å². The lowest BCUT2D eigenvalue weighted by Gasteiger charge is -2.21. The molecule has 1 aliphatic heterocycles. The van der Waals surface area contributed by atoms with E-state index in [2.05, 4.69) is 10.2 Å². The Labute approximate surface area is 140 Å². The Balaban J connectivity index is 1.68. The molecule has 23 heavy (non-hydrogen) atoms. The van der Waals surface area contributed by atoms with Crippen LogP contribution in [0.25, 0.3) is 0 Å². The fourth-order valence-corrected chi connectivity index (χ4v) is 3.03. The first-order chi connectivity index (χ1) is 11.1. The maximum Gasteiger partial charge on any atom is 0.287 e. The monoisotopic (exact) mass is 334 g/mol. The number of hydrogen-bond acceptors (Lipinski definition) is 4. The smallest absolute Gasteiger partial charge is 0.287 e. The van der Waals surface area contributed by atoms with E-state index in [0.717, 1.165) is 30.0 Å². The van der Waals surface area contributed by atoms with Crippen LogP contribution in [0.15, 0.2) is 34.9 Å². The number of halogens is 1. The SMILES string of the molecule is COc1ccc(Cl)cc1N1CCC(NC(=O)c2occc2C)C1. The summed E-state index contributed by atoms with van der Waals surface area (Å²) in [5.41, 5.74) is 1.79. The topological polar surface area (TPSA) is 54.7 Å². The van der Waals surface area contributed by atoms with Crippen LogP contribution in [0.5, 0.6) is 5.75 Å². The minimum atomic E-state index is -0.169. The number of nitrogens with zero attached hydrogens (tertiary/aromatic N) is 1. The van der Waals surface area contributed by atoms with Crippen LogP contribution in [0.3, 0.4) is 0 Å². The Kier molecular flexibility index (Phi) is 4.48. The third kappa shape index (κ3) is 3.29. The van der Waals surface area contributed by atoms with Crippen molar-refractivity contribution in [2.24, 2.45) is 0 Å². The average Bonchev–Trinajstić information content (AvgIpc) is 3.16. The van der Waals surface area contributed by atoms with Gasteiger partial charge in [-0.15, -0.1) is 0 Å². The molecule has 122 valence electrons. The minimum Gasteiger partial charge on any atom is -0.495 e. The number of rotatable bonds is 4. The fraction of sp³-hybridized carbons (Fsp3) is 0.353. The highest BCUT2D eigenvalue weighted by atomic mass is 35.5. The second-order valence-corrected chi connectivity index (χ2v) is 6.09. The molecule has 3 rings (SSSR count). The number of carbonyl (C=O) groups is 1. The largest absolute Gasteiger partial charge is 0.495 e. The number of methoxy groups -OCH3 is 1. The lowest BCUT2D eigenvalue weighted by Crippen LogP contribution is -2.37. The van der Waals surface area contributed by atoms with Gasteiger partial charge in [-0.2, -0.15) is 0 Å². The van der Waals surface area contributed by atoms with Crippen LogP contribution < -0.4 is 15.0 Å². The van der Waals surface area contributed by atoms with Gasteiger partial charge < -0.3 is 19.4 Å². The standard InChI is InChI=1S/C17H19ClN2O3/c1-11-6-8-23-16(11)17(21)19-13-5-7-20(10-13)14-9-12(18)3-4-15(14)22-2/h3-4,6,8-9,13H,5,7,10H2,1-2H3,(H,19,21). The number of benzene rings is 1. The van der Waals surface area contributed by atoms with Crippen LogP contribution in [0, 0.1) is 6.92 Å². The first-order valence-electron chi connectivity index (χ1n) is 7.52. The number of aryl methyl sites for hydroxylation is 1. The van der Waals surface area contributed by atoms with Crippen molar-refractivity contribution in [3.05, 3.63) is 46.9 Å². The Bertz CT molecular complexity index is 714. The zero-order valence-electron chi connectivity index (χ0n) is 13.1. The molecule has 1 N–H and O–H groups in total. The summed E-state index contributed by atoms with van der Waals surface area (Å²) >= 11 is 6.09. The molecular formula is C17H19ClN2O3. The Morgan fingerprint density at radius 2 is 2.26 bits per heavy atom. The molecule has 0 aliphatic carbocycles. The van der Waals surface area contributed by atoms with E-state index in [1.165, 1.54) is 6.26 Å². The summed E-state index contributed by atoms with van der Waals surface area (Å²) in [6, 6.07) is 7.40. The summed E-state index contributed by atoms with van der Waals surface area (Å²) in [6.45, 7) is 3.40. The van der Waals surface area contributed by atoms with Crippen LogP contribution in [0.4, 0.5) is 5.69 Å². The zero-order chi connectivity index (χ0) is 16.4. The van der Waals surface area contributed by atoms with Crippen molar-refractivity contribution < 1.29 is 13.9 Å². The Morgan fingerprint density at radius 1 is 1.43 bits per heavy atom. The molecule has 1 unspecified atom stereocenters. The summed E-state index contributed by atoms with van der Waals surface area (Å²) < 4.78 is 10.6. The molecule has 0 spiro atoms. The highest BCUT2D eigenvalue weighted by Crippen LogP contribution is 2.33. The lowest BCUT2D eigenvalue weighted by atomic mass is 10.2. The lowest BCUT2D eigenvalue weighted by molar-refractivity contribution is 0.0911. The number of ether oxygens (including phenoxy) is 1. The van der Waals surface area contributed by atoms with Gasteiger partial charge in [-0.05, 0) is 37.6 Å². The molecule has 1 aliphatic rings. The fourth-order valence-electron chi connectivity index (χ4n) is 2.86. The molecule has 1 amide bonds. The highest BCUT2D eigenvalue weighted by molar-refractivity contribution is 6.30. The number of anilines is 1. The first-order valence-corrected chi connectivity index (χ1v) is 7.89.